The third kappa shape index (κ3) is 6.81. The predicted molar refractivity (Wildman–Crippen MR) is 191 cm³/mol. The molecule has 2 aromatic heterocycles. The van der Waals surface area contributed by atoms with Gasteiger partial charge < -0.3 is 15.2 Å². The maximum Gasteiger partial charge on any atom is 0.232 e. The number of aromatic amines is 1. The fourth-order valence-electron chi connectivity index (χ4n) is 8.91. The van der Waals surface area contributed by atoms with E-state index in [1.165, 1.54) is 51.7 Å². The predicted octanol–water partition coefficient (Wildman–Crippen LogP) is 8.71. The van der Waals surface area contributed by atoms with Crippen molar-refractivity contribution in [2.24, 2.45) is 10.8 Å². The molecule has 2 unspecified atom stereocenters. The summed E-state index contributed by atoms with van der Waals surface area (Å²) in [5.41, 5.74) is 9.82. The summed E-state index contributed by atoms with van der Waals surface area (Å²) in [4.78, 5) is 24.5. The average Bonchev–Trinajstić information content (AvgIpc) is 3.48. The van der Waals surface area contributed by atoms with Crippen molar-refractivity contribution >= 4 is 16.8 Å². The number of unbranched alkanes of at least 4 members (excludes halogenated alkanes) is 1. The standard InChI is InChI=1S/C41H54N4O/c1-28-20-29(2)22-31(21-28)37-34(15-19-42-16-9-8-10-30-13-17-43-18-14-30)35-23-32(11-12-36(35)44-37)40(5,6)38(46)45-27-41(7)25-33(45)24-39(3,4)26-41/h11-14,17-18,20-23,33,42,44H,8-10,15-16,19,24-27H2,1-7H3. The molecule has 1 amide bonds. The van der Waals surface area contributed by atoms with Gasteiger partial charge in [0.05, 0.1) is 5.41 Å². The number of carbonyl (C=O) groups is 1. The third-order valence-electron chi connectivity index (χ3n) is 10.7. The molecule has 244 valence electrons. The van der Waals surface area contributed by atoms with Crippen LogP contribution < -0.4 is 5.32 Å². The molecule has 0 radical (unpaired) electrons. The number of nitrogens with zero attached hydrogens (tertiary/aromatic N) is 2. The second kappa shape index (κ2) is 12.6. The number of fused-ring (bicyclic) bond motifs is 3. The number of aromatic nitrogens is 2. The van der Waals surface area contributed by atoms with E-state index in [1.54, 1.807) is 0 Å². The Balaban J connectivity index is 1.23. The van der Waals surface area contributed by atoms with Crippen molar-refractivity contribution in [3.8, 4) is 11.3 Å². The maximum atomic E-state index is 14.4. The van der Waals surface area contributed by atoms with Gasteiger partial charge in [-0.1, -0.05) is 44.0 Å². The second-order valence-electron chi connectivity index (χ2n) is 16.2. The maximum absolute atomic E-state index is 14.4. The van der Waals surface area contributed by atoms with E-state index in [1.807, 2.05) is 12.4 Å². The number of likely N-dealkylation sites (tertiary alicyclic amines) is 1. The van der Waals surface area contributed by atoms with Crippen molar-refractivity contribution in [3.63, 3.8) is 0 Å². The average molecular weight is 619 g/mol. The van der Waals surface area contributed by atoms with Gasteiger partial charge in [0.25, 0.3) is 0 Å². The lowest BCUT2D eigenvalue weighted by Crippen LogP contribution is -2.46. The van der Waals surface area contributed by atoms with Crippen molar-refractivity contribution in [2.75, 3.05) is 19.6 Å². The molecule has 5 nitrogen and oxygen atoms in total. The Bertz CT molecular complexity index is 1680. The summed E-state index contributed by atoms with van der Waals surface area (Å²) in [6.45, 7) is 18.6. The van der Waals surface area contributed by atoms with Crippen LogP contribution in [0.2, 0.25) is 0 Å². The number of H-pyrrole nitrogens is 1. The zero-order valence-corrected chi connectivity index (χ0v) is 29.2. The molecule has 6 rings (SSSR count). The Hall–Kier alpha value is -3.44. The zero-order valence-electron chi connectivity index (χ0n) is 29.2. The molecule has 1 saturated heterocycles. The van der Waals surface area contributed by atoms with Gasteiger partial charge in [-0.2, -0.15) is 0 Å². The first-order valence-electron chi connectivity index (χ1n) is 17.5. The molecule has 5 heteroatoms. The number of carbonyl (C=O) groups excluding carboxylic acids is 1. The van der Waals surface area contributed by atoms with Crippen LogP contribution in [0.15, 0.2) is 60.9 Å². The van der Waals surface area contributed by atoms with Crippen LogP contribution >= 0.6 is 0 Å². The zero-order chi connectivity index (χ0) is 32.7. The van der Waals surface area contributed by atoms with Crippen LogP contribution in [0.1, 0.15) is 94.5 Å². The highest BCUT2D eigenvalue weighted by atomic mass is 16.2. The highest BCUT2D eigenvalue weighted by Gasteiger charge is 2.52. The Morgan fingerprint density at radius 2 is 1.70 bits per heavy atom. The van der Waals surface area contributed by atoms with Crippen LogP contribution in [0, 0.1) is 24.7 Å². The van der Waals surface area contributed by atoms with Crippen LogP contribution in [0.3, 0.4) is 0 Å². The summed E-state index contributed by atoms with van der Waals surface area (Å²) in [6, 6.07) is 18.1. The molecule has 1 aliphatic carbocycles. The smallest absolute Gasteiger partial charge is 0.232 e. The van der Waals surface area contributed by atoms with Crippen molar-refractivity contribution in [2.45, 2.75) is 105 Å². The second-order valence-corrected chi connectivity index (χ2v) is 16.2. The summed E-state index contributed by atoms with van der Waals surface area (Å²) >= 11 is 0. The van der Waals surface area contributed by atoms with Gasteiger partial charge in [0.1, 0.15) is 0 Å². The number of amides is 1. The van der Waals surface area contributed by atoms with Gasteiger partial charge in [0, 0.05) is 41.6 Å². The summed E-state index contributed by atoms with van der Waals surface area (Å²) < 4.78 is 0. The van der Waals surface area contributed by atoms with Crippen molar-refractivity contribution in [3.05, 3.63) is 88.7 Å². The molecule has 0 spiro atoms. The monoisotopic (exact) mass is 618 g/mol. The van der Waals surface area contributed by atoms with Crippen molar-refractivity contribution in [1.29, 1.82) is 0 Å². The molecule has 1 aliphatic heterocycles. The molecule has 2 bridgehead atoms. The first kappa shape index (κ1) is 32.5. The quantitative estimate of drug-likeness (QED) is 0.165. The van der Waals surface area contributed by atoms with Gasteiger partial charge >= 0.3 is 0 Å². The number of nitrogens with one attached hydrogen (secondary N) is 2. The molecule has 1 saturated carbocycles. The highest BCUT2D eigenvalue weighted by Crippen LogP contribution is 2.53. The number of rotatable bonds is 11. The first-order valence-corrected chi connectivity index (χ1v) is 17.5. The highest BCUT2D eigenvalue weighted by molar-refractivity contribution is 5.94. The van der Waals surface area contributed by atoms with Crippen LogP contribution in [0.5, 0.6) is 0 Å². The van der Waals surface area contributed by atoms with Gasteiger partial charge in [-0.05, 0) is 155 Å². The van der Waals surface area contributed by atoms with Gasteiger partial charge in [-0.3, -0.25) is 9.78 Å². The molecular weight excluding hydrogens is 564 g/mol. The van der Waals surface area contributed by atoms with Gasteiger partial charge in [-0.15, -0.1) is 0 Å². The molecular formula is C41H54N4O. The molecule has 2 aromatic carbocycles. The van der Waals surface area contributed by atoms with Gasteiger partial charge in [0.15, 0.2) is 0 Å². The Labute approximate surface area is 276 Å². The van der Waals surface area contributed by atoms with Crippen molar-refractivity contribution in [1.82, 2.24) is 20.2 Å². The lowest BCUT2D eigenvalue weighted by molar-refractivity contribution is -0.137. The van der Waals surface area contributed by atoms with E-state index < -0.39 is 5.41 Å². The minimum Gasteiger partial charge on any atom is -0.354 e. The van der Waals surface area contributed by atoms with Crippen LogP contribution in [0.4, 0.5) is 0 Å². The van der Waals surface area contributed by atoms with E-state index in [0.29, 0.717) is 6.04 Å². The summed E-state index contributed by atoms with van der Waals surface area (Å²) in [6.07, 6.45) is 11.5. The molecule has 2 fully saturated rings. The molecule has 3 heterocycles. The van der Waals surface area contributed by atoms with E-state index in [0.717, 1.165) is 62.8 Å². The summed E-state index contributed by atoms with van der Waals surface area (Å²) in [5.74, 6) is 0.276. The van der Waals surface area contributed by atoms with E-state index in [4.69, 9.17) is 0 Å². The third-order valence-corrected chi connectivity index (χ3v) is 10.7. The number of hydrogen-bond acceptors (Lipinski definition) is 3. The molecule has 2 atom stereocenters. The largest absolute Gasteiger partial charge is 0.354 e. The molecule has 4 aromatic rings. The van der Waals surface area contributed by atoms with E-state index in [9.17, 15) is 4.79 Å². The lowest BCUT2D eigenvalue weighted by atomic mass is 9.65. The minimum atomic E-state index is -0.603. The van der Waals surface area contributed by atoms with Crippen LogP contribution in [-0.2, 0) is 23.1 Å². The Morgan fingerprint density at radius 3 is 2.43 bits per heavy atom. The number of benzene rings is 2. The first-order chi connectivity index (χ1) is 21.8. The number of aryl methyl sites for hydroxylation is 3. The van der Waals surface area contributed by atoms with Crippen LogP contribution in [-0.4, -0.2) is 46.5 Å². The molecule has 2 aliphatic rings. The van der Waals surface area contributed by atoms with E-state index in [2.05, 4.69) is 117 Å². The number of hydrogen-bond donors (Lipinski definition) is 2. The minimum absolute atomic E-state index is 0.225. The SMILES string of the molecule is Cc1cc(C)cc(-c2[nH]c3ccc(C(C)(C)C(=O)N4CC5(C)CC4CC(C)(C)C5)cc3c2CCNCCCCc2ccncc2)c1. The number of pyridine rings is 1. The fourth-order valence-corrected chi connectivity index (χ4v) is 8.91. The fraction of sp³-hybridized carbons (Fsp3) is 0.512. The normalized spacial score (nSPS) is 20.8. The summed E-state index contributed by atoms with van der Waals surface area (Å²) in [7, 11) is 0. The van der Waals surface area contributed by atoms with Crippen molar-refractivity contribution < 1.29 is 4.79 Å². The summed E-state index contributed by atoms with van der Waals surface area (Å²) in [5, 5.41) is 4.96. The Kier molecular flexibility index (Phi) is 8.93. The molecule has 46 heavy (non-hydrogen) atoms. The van der Waals surface area contributed by atoms with Crippen LogP contribution in [0.25, 0.3) is 22.2 Å². The van der Waals surface area contributed by atoms with E-state index in [-0.39, 0.29) is 16.7 Å². The lowest BCUT2D eigenvalue weighted by Gasteiger charge is -2.40. The molecule has 2 N–H and O–H groups in total. The van der Waals surface area contributed by atoms with E-state index >= 15 is 0 Å². The van der Waals surface area contributed by atoms with Gasteiger partial charge in [-0.25, -0.2) is 0 Å². The van der Waals surface area contributed by atoms with Gasteiger partial charge in [0.2, 0.25) is 5.91 Å². The Morgan fingerprint density at radius 1 is 0.957 bits per heavy atom. The topological polar surface area (TPSA) is 61.0 Å².